The van der Waals surface area contributed by atoms with Crippen LogP contribution in [0, 0.1) is 0 Å². The number of nitrogen functional groups attached to an aromatic ring is 1. The molecule has 0 aliphatic heterocycles. The van der Waals surface area contributed by atoms with E-state index in [1.54, 1.807) is 18.7 Å². The van der Waals surface area contributed by atoms with E-state index in [-0.39, 0.29) is 50.7 Å². The maximum atomic E-state index is 13.4. The van der Waals surface area contributed by atoms with Crippen molar-refractivity contribution in [2.24, 2.45) is 0 Å². The topological polar surface area (TPSA) is 117 Å². The molecule has 0 aliphatic carbocycles. The molecule has 184 valence electrons. The van der Waals surface area contributed by atoms with E-state index in [9.17, 15) is 19.2 Å². The molecule has 0 atom stereocenters. The van der Waals surface area contributed by atoms with Gasteiger partial charge in [-0.1, -0.05) is 60.7 Å². The second-order valence-corrected chi connectivity index (χ2v) is 8.02. The maximum absolute atomic E-state index is 13.4. The summed E-state index contributed by atoms with van der Waals surface area (Å²) in [5, 5.41) is 0. The van der Waals surface area contributed by atoms with Gasteiger partial charge in [0.2, 0.25) is 0 Å². The molecule has 0 saturated carbocycles. The molecule has 2 N–H and O–H groups in total. The number of anilines is 1. The molecule has 0 unspecified atom stereocenters. The Kier molecular flexibility index (Phi) is 8.74. The van der Waals surface area contributed by atoms with Gasteiger partial charge in [-0.05, 0) is 25.0 Å². The molecular weight excluding hydrogens is 448 g/mol. The summed E-state index contributed by atoms with van der Waals surface area (Å²) in [4.78, 5) is 53.2. The van der Waals surface area contributed by atoms with Gasteiger partial charge in [-0.25, -0.2) is 4.79 Å². The van der Waals surface area contributed by atoms with Gasteiger partial charge < -0.3 is 10.5 Å². The minimum atomic E-state index is -0.736. The van der Waals surface area contributed by atoms with Gasteiger partial charge in [-0.3, -0.25) is 28.4 Å². The van der Waals surface area contributed by atoms with Crippen LogP contribution in [0.15, 0.2) is 70.3 Å². The van der Waals surface area contributed by atoms with E-state index in [0.29, 0.717) is 0 Å². The van der Waals surface area contributed by atoms with Crippen molar-refractivity contribution in [3.8, 4) is 0 Å². The number of hydrogen-bond donors (Lipinski definition) is 1. The third-order valence-electron chi connectivity index (χ3n) is 5.52. The lowest BCUT2D eigenvalue weighted by atomic mass is 10.1. The number of ketones is 1. The first kappa shape index (κ1) is 25.6. The van der Waals surface area contributed by atoms with Crippen molar-refractivity contribution in [3.63, 3.8) is 0 Å². The molecule has 1 heterocycles. The lowest BCUT2D eigenvalue weighted by Crippen LogP contribution is -2.45. The van der Waals surface area contributed by atoms with Crippen molar-refractivity contribution in [1.29, 1.82) is 0 Å². The van der Waals surface area contributed by atoms with Gasteiger partial charge >= 0.3 is 11.7 Å². The smallest absolute Gasteiger partial charge is 0.332 e. The van der Waals surface area contributed by atoms with Gasteiger partial charge in [0.05, 0.1) is 26.2 Å². The molecular formula is C26H30N4O5. The van der Waals surface area contributed by atoms with Gasteiger partial charge in [0.25, 0.3) is 5.56 Å². The van der Waals surface area contributed by atoms with Gasteiger partial charge in [0.1, 0.15) is 11.4 Å². The van der Waals surface area contributed by atoms with Gasteiger partial charge in [0.15, 0.2) is 5.78 Å². The lowest BCUT2D eigenvalue weighted by molar-refractivity contribution is -0.144. The van der Waals surface area contributed by atoms with E-state index < -0.39 is 23.0 Å². The first-order valence-electron chi connectivity index (χ1n) is 11.5. The highest BCUT2D eigenvalue weighted by Crippen LogP contribution is 2.12. The number of hydrogen-bond acceptors (Lipinski definition) is 7. The normalized spacial score (nSPS) is 10.9. The highest BCUT2D eigenvalue weighted by molar-refractivity contribution is 6.01. The van der Waals surface area contributed by atoms with Crippen LogP contribution in [0.1, 0.15) is 35.3 Å². The zero-order valence-corrected chi connectivity index (χ0v) is 20.0. The number of nitrogens with zero attached hydrogens (tertiary/aromatic N) is 3. The number of carbonyl (C=O) groups is 2. The standard InChI is InChI=1S/C26H30N4O5/c1-3-29-25(33)23(24(27)30(26(29)34)16-20-13-9-6-10-14-20)21(31)17-28(18-22(32)35-4-2)15-19-11-7-5-8-12-19/h5-14H,3-4,15-18,27H2,1-2H3. The van der Waals surface area contributed by atoms with Crippen molar-refractivity contribution in [2.75, 3.05) is 25.4 Å². The van der Waals surface area contributed by atoms with Crippen molar-refractivity contribution >= 4 is 17.6 Å². The monoisotopic (exact) mass is 478 g/mol. The number of benzene rings is 2. The van der Waals surface area contributed by atoms with Gasteiger partial charge in [-0.15, -0.1) is 0 Å². The Morgan fingerprint density at radius 1 is 0.886 bits per heavy atom. The second-order valence-electron chi connectivity index (χ2n) is 8.02. The Hall–Kier alpha value is -3.98. The van der Waals surface area contributed by atoms with Gasteiger partial charge in [0, 0.05) is 13.1 Å². The fraction of sp³-hybridized carbons (Fsp3) is 0.308. The van der Waals surface area contributed by atoms with E-state index in [1.807, 2.05) is 60.7 Å². The van der Waals surface area contributed by atoms with E-state index in [4.69, 9.17) is 10.5 Å². The average molecular weight is 479 g/mol. The summed E-state index contributed by atoms with van der Waals surface area (Å²) in [6.45, 7) is 3.67. The molecule has 0 fully saturated rings. The van der Waals surface area contributed by atoms with Crippen LogP contribution in [-0.4, -0.2) is 45.5 Å². The number of nitrogens with two attached hydrogens (primary N) is 1. The molecule has 0 bridgehead atoms. The predicted molar refractivity (Wildman–Crippen MR) is 133 cm³/mol. The summed E-state index contributed by atoms with van der Waals surface area (Å²) in [5.41, 5.74) is 6.36. The highest BCUT2D eigenvalue weighted by Gasteiger charge is 2.25. The van der Waals surface area contributed by atoms with Crippen LogP contribution in [0.25, 0.3) is 0 Å². The minimum Gasteiger partial charge on any atom is -0.465 e. The Bertz CT molecular complexity index is 1280. The molecule has 3 aromatic rings. The number of Topliss-reactive ketones (excluding diaryl/α,β-unsaturated/α-hetero) is 1. The zero-order valence-electron chi connectivity index (χ0n) is 20.0. The average Bonchev–Trinajstić information content (AvgIpc) is 2.83. The Morgan fingerprint density at radius 2 is 1.49 bits per heavy atom. The SMILES string of the molecule is CCOC(=O)CN(CC(=O)c1c(N)n(Cc2ccccc2)c(=O)n(CC)c1=O)Cc1ccccc1. The van der Waals surface area contributed by atoms with Crippen LogP contribution in [0.3, 0.4) is 0 Å². The zero-order chi connectivity index (χ0) is 25.4. The summed E-state index contributed by atoms with van der Waals surface area (Å²) in [5.74, 6) is -1.24. The summed E-state index contributed by atoms with van der Waals surface area (Å²) < 4.78 is 7.29. The summed E-state index contributed by atoms with van der Waals surface area (Å²) in [6, 6.07) is 18.5. The first-order valence-corrected chi connectivity index (χ1v) is 11.5. The largest absolute Gasteiger partial charge is 0.465 e. The van der Waals surface area contributed by atoms with Crippen LogP contribution >= 0.6 is 0 Å². The number of ether oxygens (including phenoxy) is 1. The molecule has 2 aromatic carbocycles. The second kappa shape index (κ2) is 11.9. The third-order valence-corrected chi connectivity index (χ3v) is 5.52. The van der Waals surface area contributed by atoms with Gasteiger partial charge in [-0.2, -0.15) is 0 Å². The molecule has 0 aliphatic rings. The Balaban J connectivity index is 1.98. The molecule has 9 nitrogen and oxygen atoms in total. The Labute approximate surface area is 203 Å². The van der Waals surface area contributed by atoms with E-state index in [2.05, 4.69) is 0 Å². The molecule has 35 heavy (non-hydrogen) atoms. The highest BCUT2D eigenvalue weighted by atomic mass is 16.5. The van der Waals surface area contributed by atoms with Crippen LogP contribution in [0.4, 0.5) is 5.82 Å². The summed E-state index contributed by atoms with van der Waals surface area (Å²) in [7, 11) is 0. The van der Waals surface area contributed by atoms with Crippen molar-refractivity contribution in [3.05, 3.63) is 98.2 Å². The summed E-state index contributed by atoms with van der Waals surface area (Å²) >= 11 is 0. The van der Waals surface area contributed by atoms with E-state index in [1.165, 1.54) is 4.57 Å². The van der Waals surface area contributed by atoms with Crippen molar-refractivity contribution in [1.82, 2.24) is 14.0 Å². The number of rotatable bonds is 11. The molecule has 0 radical (unpaired) electrons. The summed E-state index contributed by atoms with van der Waals surface area (Å²) in [6.07, 6.45) is 0. The van der Waals surface area contributed by atoms with Crippen molar-refractivity contribution in [2.45, 2.75) is 33.5 Å². The molecule has 0 spiro atoms. The molecule has 0 saturated heterocycles. The number of aromatic nitrogens is 2. The fourth-order valence-corrected chi connectivity index (χ4v) is 3.86. The van der Waals surface area contributed by atoms with Crippen molar-refractivity contribution < 1.29 is 14.3 Å². The number of esters is 1. The minimum absolute atomic E-state index is 0.0869. The van der Waals surface area contributed by atoms with E-state index in [0.717, 1.165) is 15.7 Å². The number of carbonyl (C=O) groups excluding carboxylic acids is 2. The maximum Gasteiger partial charge on any atom is 0.332 e. The molecule has 0 amide bonds. The van der Waals surface area contributed by atoms with Crippen LogP contribution in [0.2, 0.25) is 0 Å². The predicted octanol–water partition coefficient (Wildman–Crippen LogP) is 1.91. The lowest BCUT2D eigenvalue weighted by Gasteiger charge is -2.22. The quantitative estimate of drug-likeness (QED) is 0.330. The first-order chi connectivity index (χ1) is 16.8. The third kappa shape index (κ3) is 6.33. The van der Waals surface area contributed by atoms with Crippen LogP contribution in [-0.2, 0) is 29.2 Å². The van der Waals surface area contributed by atoms with E-state index >= 15 is 0 Å². The van der Waals surface area contributed by atoms with Crippen LogP contribution < -0.4 is 17.0 Å². The molecule has 1 aromatic heterocycles. The fourth-order valence-electron chi connectivity index (χ4n) is 3.86. The molecule has 3 rings (SSSR count). The van der Waals surface area contributed by atoms with Crippen LogP contribution in [0.5, 0.6) is 0 Å². The Morgan fingerprint density at radius 3 is 2.06 bits per heavy atom. The molecule has 9 heteroatoms.